The number of esters is 1. The van der Waals surface area contributed by atoms with Gasteiger partial charge in [0.2, 0.25) is 0 Å². The second-order valence-electron chi connectivity index (χ2n) is 6.88. The molecule has 1 atom stereocenters. The van der Waals surface area contributed by atoms with E-state index in [2.05, 4.69) is 4.57 Å². The highest BCUT2D eigenvalue weighted by Gasteiger charge is 2.26. The monoisotopic (exact) mass is 413 g/mol. The Morgan fingerprint density at radius 2 is 1.83 bits per heavy atom. The minimum absolute atomic E-state index is 0.135. The largest absolute Gasteiger partial charge is 0.497 e. The summed E-state index contributed by atoms with van der Waals surface area (Å²) in [5.41, 5.74) is 3.70. The van der Waals surface area contributed by atoms with Crippen LogP contribution in [-0.2, 0) is 20.7 Å². The molecule has 0 amide bonds. The minimum atomic E-state index is -0.811. The molecule has 0 fully saturated rings. The van der Waals surface area contributed by atoms with Gasteiger partial charge >= 0.3 is 5.97 Å². The van der Waals surface area contributed by atoms with E-state index in [0.29, 0.717) is 10.8 Å². The predicted octanol–water partition coefficient (Wildman–Crippen LogP) is 4.91. The van der Waals surface area contributed by atoms with Gasteiger partial charge in [0.05, 0.1) is 19.2 Å². The first-order valence-corrected chi connectivity index (χ1v) is 9.88. The number of fused-ring (bicyclic) bond motifs is 1. The van der Waals surface area contributed by atoms with Gasteiger partial charge in [-0.15, -0.1) is 0 Å². The third-order valence-electron chi connectivity index (χ3n) is 5.10. The zero-order valence-corrected chi connectivity index (χ0v) is 17.7. The van der Waals surface area contributed by atoms with Crippen LogP contribution in [-0.4, -0.2) is 30.0 Å². The van der Waals surface area contributed by atoms with Crippen molar-refractivity contribution in [2.75, 3.05) is 13.7 Å². The molecule has 0 bridgehead atoms. The number of methoxy groups -OCH3 is 1. The lowest BCUT2D eigenvalue weighted by atomic mass is 9.97. The Kier molecular flexibility index (Phi) is 6.28. The molecule has 1 unspecified atom stereocenters. The second-order valence-corrected chi connectivity index (χ2v) is 7.31. The standard InChI is InChI=1S/C23H24ClNO4/c1-5-29-23(27)14(2)22(26)13-19-15(3)25(17-8-6-16(24)7-9-17)21-11-10-18(28-4)12-20(19)21/h6-12,14H,5,13H2,1-4H3. The van der Waals surface area contributed by atoms with Crippen molar-refractivity contribution in [1.29, 1.82) is 0 Å². The molecular formula is C23H24ClNO4. The fourth-order valence-corrected chi connectivity index (χ4v) is 3.59. The van der Waals surface area contributed by atoms with Gasteiger partial charge < -0.3 is 14.0 Å². The Hall–Kier alpha value is -2.79. The summed E-state index contributed by atoms with van der Waals surface area (Å²) in [5, 5.41) is 1.57. The van der Waals surface area contributed by atoms with Crippen molar-refractivity contribution in [3.63, 3.8) is 0 Å². The van der Waals surface area contributed by atoms with Crippen molar-refractivity contribution in [2.24, 2.45) is 5.92 Å². The smallest absolute Gasteiger partial charge is 0.316 e. The molecule has 0 aliphatic carbocycles. The Morgan fingerprint density at radius 1 is 1.14 bits per heavy atom. The molecule has 3 rings (SSSR count). The zero-order chi connectivity index (χ0) is 21.1. The van der Waals surface area contributed by atoms with Gasteiger partial charge in [-0.05, 0) is 68.8 Å². The first kappa shape index (κ1) is 20.9. The summed E-state index contributed by atoms with van der Waals surface area (Å²) in [7, 11) is 1.61. The summed E-state index contributed by atoms with van der Waals surface area (Å²) in [6.45, 7) is 5.54. The van der Waals surface area contributed by atoms with Crippen LogP contribution in [0.15, 0.2) is 42.5 Å². The molecule has 0 saturated heterocycles. The average molecular weight is 414 g/mol. The van der Waals surface area contributed by atoms with Crippen LogP contribution >= 0.6 is 11.6 Å². The number of carbonyl (C=O) groups excluding carboxylic acids is 2. The van der Waals surface area contributed by atoms with E-state index >= 15 is 0 Å². The van der Waals surface area contributed by atoms with Crippen LogP contribution in [0.1, 0.15) is 25.1 Å². The van der Waals surface area contributed by atoms with Gasteiger partial charge in [0.15, 0.2) is 5.78 Å². The van der Waals surface area contributed by atoms with Gasteiger partial charge in [0.25, 0.3) is 0 Å². The maximum absolute atomic E-state index is 12.8. The number of hydrogen-bond donors (Lipinski definition) is 0. The molecule has 0 aliphatic rings. The maximum Gasteiger partial charge on any atom is 0.316 e. The molecule has 3 aromatic rings. The molecule has 5 nitrogen and oxygen atoms in total. The first-order valence-electron chi connectivity index (χ1n) is 9.50. The van der Waals surface area contributed by atoms with Gasteiger partial charge in [-0.25, -0.2) is 0 Å². The first-order chi connectivity index (χ1) is 13.9. The SMILES string of the molecule is CCOC(=O)C(C)C(=O)Cc1c(C)n(-c2ccc(Cl)cc2)c2ccc(OC)cc12. The summed E-state index contributed by atoms with van der Waals surface area (Å²) >= 11 is 6.05. The van der Waals surface area contributed by atoms with Gasteiger partial charge in [0.1, 0.15) is 11.7 Å². The lowest BCUT2D eigenvalue weighted by molar-refractivity contribution is -0.150. The lowest BCUT2D eigenvalue weighted by Crippen LogP contribution is -2.25. The van der Waals surface area contributed by atoms with Crippen molar-refractivity contribution >= 4 is 34.3 Å². The molecule has 0 radical (unpaired) electrons. The molecule has 2 aromatic carbocycles. The fraction of sp³-hybridized carbons (Fsp3) is 0.304. The fourth-order valence-electron chi connectivity index (χ4n) is 3.46. The van der Waals surface area contributed by atoms with E-state index < -0.39 is 11.9 Å². The van der Waals surface area contributed by atoms with Crippen LogP contribution in [0.3, 0.4) is 0 Å². The van der Waals surface area contributed by atoms with Gasteiger partial charge in [0, 0.05) is 28.2 Å². The van der Waals surface area contributed by atoms with Crippen molar-refractivity contribution in [2.45, 2.75) is 27.2 Å². The number of hydrogen-bond acceptors (Lipinski definition) is 4. The minimum Gasteiger partial charge on any atom is -0.497 e. The summed E-state index contributed by atoms with van der Waals surface area (Å²) in [6, 6.07) is 13.3. The highest BCUT2D eigenvalue weighted by molar-refractivity contribution is 6.30. The van der Waals surface area contributed by atoms with Crippen LogP contribution in [0.25, 0.3) is 16.6 Å². The van der Waals surface area contributed by atoms with Gasteiger partial charge in [-0.3, -0.25) is 9.59 Å². The van der Waals surface area contributed by atoms with Crippen molar-refractivity contribution in [3.8, 4) is 11.4 Å². The molecule has 1 aromatic heterocycles. The zero-order valence-electron chi connectivity index (χ0n) is 17.0. The number of nitrogens with zero attached hydrogens (tertiary/aromatic N) is 1. The van der Waals surface area contributed by atoms with E-state index in [9.17, 15) is 9.59 Å². The predicted molar refractivity (Wildman–Crippen MR) is 114 cm³/mol. The van der Waals surface area contributed by atoms with E-state index in [4.69, 9.17) is 21.1 Å². The van der Waals surface area contributed by atoms with Crippen LogP contribution < -0.4 is 4.74 Å². The summed E-state index contributed by atoms with van der Waals surface area (Å²) < 4.78 is 12.5. The molecule has 0 N–H and O–H groups in total. The molecule has 0 aliphatic heterocycles. The Morgan fingerprint density at radius 3 is 2.45 bits per heavy atom. The van der Waals surface area contributed by atoms with Crippen LogP contribution in [0, 0.1) is 12.8 Å². The van der Waals surface area contributed by atoms with Gasteiger partial charge in [-0.2, -0.15) is 0 Å². The molecular weight excluding hydrogens is 390 g/mol. The highest BCUT2D eigenvalue weighted by Crippen LogP contribution is 2.33. The van der Waals surface area contributed by atoms with Crippen LogP contribution in [0.5, 0.6) is 5.75 Å². The molecule has 0 saturated carbocycles. The number of benzene rings is 2. The van der Waals surface area contributed by atoms with E-state index in [1.54, 1.807) is 21.0 Å². The van der Waals surface area contributed by atoms with Crippen LogP contribution in [0.4, 0.5) is 0 Å². The Bertz CT molecular complexity index is 1050. The quantitative estimate of drug-likeness (QED) is 0.408. The number of carbonyl (C=O) groups is 2. The topological polar surface area (TPSA) is 57.5 Å². The summed E-state index contributed by atoms with van der Waals surface area (Å²) in [4.78, 5) is 24.8. The van der Waals surface area contributed by atoms with Crippen molar-refractivity contribution in [3.05, 3.63) is 58.7 Å². The number of ether oxygens (including phenoxy) is 2. The number of halogens is 1. The molecule has 0 spiro atoms. The Labute approximate surface area is 175 Å². The third kappa shape index (κ3) is 4.15. The van der Waals surface area contributed by atoms with Crippen molar-refractivity contribution in [1.82, 2.24) is 4.57 Å². The Balaban J connectivity index is 2.11. The molecule has 6 heteroatoms. The number of aromatic nitrogens is 1. The van der Waals surface area contributed by atoms with E-state index in [1.165, 1.54) is 0 Å². The van der Waals surface area contributed by atoms with Crippen LogP contribution in [0.2, 0.25) is 5.02 Å². The van der Waals surface area contributed by atoms with E-state index in [-0.39, 0.29) is 18.8 Å². The molecule has 29 heavy (non-hydrogen) atoms. The number of Topliss-reactive ketones (excluding diaryl/α,β-unsaturated/α-hetero) is 1. The number of ketones is 1. The van der Waals surface area contributed by atoms with Crippen molar-refractivity contribution < 1.29 is 19.1 Å². The van der Waals surface area contributed by atoms with E-state index in [1.807, 2.05) is 49.4 Å². The highest BCUT2D eigenvalue weighted by atomic mass is 35.5. The summed E-state index contributed by atoms with van der Waals surface area (Å²) in [6.07, 6.45) is 0.135. The number of rotatable bonds is 7. The average Bonchev–Trinajstić information content (AvgIpc) is 2.99. The molecule has 1 heterocycles. The normalized spacial score (nSPS) is 12.0. The third-order valence-corrected chi connectivity index (χ3v) is 5.35. The second kappa shape index (κ2) is 8.70. The van der Waals surface area contributed by atoms with Gasteiger partial charge in [-0.1, -0.05) is 11.6 Å². The maximum atomic E-state index is 12.8. The summed E-state index contributed by atoms with van der Waals surface area (Å²) in [5.74, 6) is -0.773. The van der Waals surface area contributed by atoms with E-state index in [0.717, 1.165) is 27.8 Å². The molecule has 152 valence electrons. The lowest BCUT2D eigenvalue weighted by Gasteiger charge is -2.11.